The Morgan fingerprint density at radius 3 is 2.69 bits per heavy atom. The summed E-state index contributed by atoms with van der Waals surface area (Å²) in [4.78, 5) is 22.5. The van der Waals surface area contributed by atoms with Crippen molar-refractivity contribution in [2.45, 2.75) is 71.1 Å². The number of aromatic nitrogens is 1. The lowest BCUT2D eigenvalue weighted by Gasteiger charge is -2.44. The summed E-state index contributed by atoms with van der Waals surface area (Å²) in [7, 11) is 0. The number of nitrogens with two attached hydrogens (primary N) is 1. The molecule has 2 N–H and O–H groups in total. The first-order valence-electron chi connectivity index (χ1n) is 11.8. The molecule has 0 radical (unpaired) electrons. The average Bonchev–Trinajstić information content (AvgIpc) is 3.46. The van der Waals surface area contributed by atoms with Crippen molar-refractivity contribution in [3.05, 3.63) is 41.0 Å². The third-order valence-electron chi connectivity index (χ3n) is 7.16. The molecule has 172 valence electrons. The lowest BCUT2D eigenvalue weighted by Crippen LogP contribution is -2.57. The maximum atomic E-state index is 13.1. The second-order valence-corrected chi connectivity index (χ2v) is 10.5. The van der Waals surface area contributed by atoms with Gasteiger partial charge in [-0.1, -0.05) is 13.8 Å². The third kappa shape index (κ3) is 3.76. The maximum Gasteiger partial charge on any atom is 0.257 e. The van der Waals surface area contributed by atoms with E-state index in [0.717, 1.165) is 24.5 Å². The minimum atomic E-state index is -0.225. The highest BCUT2D eigenvalue weighted by molar-refractivity contribution is 5.94. The Morgan fingerprint density at radius 1 is 1.25 bits per heavy atom. The molecule has 5 rings (SSSR count). The fourth-order valence-electron chi connectivity index (χ4n) is 5.11. The first-order chi connectivity index (χ1) is 15.2. The number of amides is 1. The number of anilines is 2. The molecule has 1 saturated carbocycles. The smallest absolute Gasteiger partial charge is 0.257 e. The van der Waals surface area contributed by atoms with Crippen molar-refractivity contribution in [3.63, 3.8) is 0 Å². The van der Waals surface area contributed by atoms with Gasteiger partial charge in [0.05, 0.1) is 41.5 Å². The molecule has 4 heterocycles. The van der Waals surface area contributed by atoms with E-state index in [0.29, 0.717) is 37.1 Å². The molecular weight excluding hydrogens is 404 g/mol. The Kier molecular flexibility index (Phi) is 5.19. The van der Waals surface area contributed by atoms with Crippen molar-refractivity contribution >= 4 is 17.4 Å². The van der Waals surface area contributed by atoms with Crippen LogP contribution in [0, 0.1) is 5.92 Å². The summed E-state index contributed by atoms with van der Waals surface area (Å²) >= 11 is 0. The van der Waals surface area contributed by atoms with Crippen LogP contribution in [0.3, 0.4) is 0 Å². The van der Waals surface area contributed by atoms with Crippen LogP contribution in [0.25, 0.3) is 0 Å². The standard InChI is InChI=1S/C25H34N4O3/c1-15(2)20-12-28(8-9-29(20)24(30)17-7-10-31-13-17)23-21(26)18-11-25(3,4)32-14-19(18)22(27-23)16-5-6-16/h7,10,13,15-16,20H,5-6,8-9,11-12,14,26H2,1-4H3/t20-/m0/s1. The summed E-state index contributed by atoms with van der Waals surface area (Å²) in [6.07, 6.45) is 6.26. The number of ether oxygens (including phenoxy) is 1. The van der Waals surface area contributed by atoms with E-state index in [1.165, 1.54) is 35.9 Å². The number of hydrogen-bond donors (Lipinski definition) is 1. The SMILES string of the molecule is CC(C)[C@@H]1CN(c2nc(C3CC3)c3c(c2N)CC(C)(C)OC3)CCN1C(=O)c1ccoc1. The van der Waals surface area contributed by atoms with Crippen molar-refractivity contribution in [1.29, 1.82) is 0 Å². The van der Waals surface area contributed by atoms with E-state index in [4.69, 9.17) is 19.9 Å². The molecular formula is C25H34N4O3. The lowest BCUT2D eigenvalue weighted by atomic mass is 9.89. The Hall–Kier alpha value is -2.54. The fourth-order valence-corrected chi connectivity index (χ4v) is 5.11. The minimum Gasteiger partial charge on any atom is -0.472 e. The van der Waals surface area contributed by atoms with Crippen molar-refractivity contribution < 1.29 is 13.9 Å². The van der Waals surface area contributed by atoms with E-state index < -0.39 is 0 Å². The van der Waals surface area contributed by atoms with Crippen LogP contribution >= 0.6 is 0 Å². The molecule has 7 heteroatoms. The van der Waals surface area contributed by atoms with E-state index in [2.05, 4.69) is 32.6 Å². The van der Waals surface area contributed by atoms with Gasteiger partial charge in [0.2, 0.25) is 0 Å². The summed E-state index contributed by atoms with van der Waals surface area (Å²) in [6, 6.07) is 1.81. The van der Waals surface area contributed by atoms with Gasteiger partial charge in [-0.3, -0.25) is 4.79 Å². The quantitative estimate of drug-likeness (QED) is 0.777. The first kappa shape index (κ1) is 21.3. The van der Waals surface area contributed by atoms with Gasteiger partial charge in [0, 0.05) is 37.5 Å². The highest BCUT2D eigenvalue weighted by Crippen LogP contribution is 2.46. The van der Waals surface area contributed by atoms with E-state index in [9.17, 15) is 4.79 Å². The number of nitrogen functional groups attached to an aromatic ring is 1. The normalized spacial score (nSPS) is 22.8. The predicted octanol–water partition coefficient (Wildman–Crippen LogP) is 3.97. The summed E-state index contributed by atoms with van der Waals surface area (Å²) in [5.41, 5.74) is 11.6. The molecule has 2 aliphatic heterocycles. The minimum absolute atomic E-state index is 0.0287. The molecule has 1 amide bonds. The summed E-state index contributed by atoms with van der Waals surface area (Å²) < 4.78 is 11.3. The van der Waals surface area contributed by atoms with Crippen LogP contribution in [0.2, 0.25) is 0 Å². The van der Waals surface area contributed by atoms with Crippen LogP contribution in [0.1, 0.15) is 73.6 Å². The van der Waals surface area contributed by atoms with Crippen LogP contribution in [0.4, 0.5) is 11.5 Å². The van der Waals surface area contributed by atoms with Gasteiger partial charge in [0.1, 0.15) is 6.26 Å². The van der Waals surface area contributed by atoms with E-state index in [1.54, 1.807) is 12.3 Å². The van der Waals surface area contributed by atoms with Crippen molar-refractivity contribution in [1.82, 2.24) is 9.88 Å². The average molecular weight is 439 g/mol. The Bertz CT molecular complexity index is 1010. The van der Waals surface area contributed by atoms with Crippen molar-refractivity contribution in [3.8, 4) is 0 Å². The van der Waals surface area contributed by atoms with Gasteiger partial charge in [-0.05, 0) is 44.2 Å². The van der Waals surface area contributed by atoms with Gasteiger partial charge in [0.15, 0.2) is 5.82 Å². The molecule has 0 aromatic carbocycles. The third-order valence-corrected chi connectivity index (χ3v) is 7.16. The molecule has 32 heavy (non-hydrogen) atoms. The van der Waals surface area contributed by atoms with E-state index >= 15 is 0 Å². The molecule has 2 aromatic heterocycles. The maximum absolute atomic E-state index is 13.1. The summed E-state index contributed by atoms with van der Waals surface area (Å²) in [5.74, 6) is 1.76. The molecule has 1 aliphatic carbocycles. The number of hydrogen-bond acceptors (Lipinski definition) is 6. The summed E-state index contributed by atoms with van der Waals surface area (Å²) in [6.45, 7) is 11.3. The van der Waals surface area contributed by atoms with E-state index in [-0.39, 0.29) is 17.6 Å². The van der Waals surface area contributed by atoms with Crippen LogP contribution < -0.4 is 10.6 Å². The molecule has 7 nitrogen and oxygen atoms in total. The number of carbonyl (C=O) groups excluding carboxylic acids is 1. The number of carbonyl (C=O) groups is 1. The van der Waals surface area contributed by atoms with Crippen molar-refractivity contribution in [2.24, 2.45) is 5.92 Å². The van der Waals surface area contributed by atoms with Gasteiger partial charge in [-0.2, -0.15) is 0 Å². The van der Waals surface area contributed by atoms with E-state index in [1.807, 2.05) is 4.90 Å². The monoisotopic (exact) mass is 438 g/mol. The van der Waals surface area contributed by atoms with Crippen LogP contribution in [-0.4, -0.2) is 47.1 Å². The predicted molar refractivity (Wildman–Crippen MR) is 124 cm³/mol. The number of fused-ring (bicyclic) bond motifs is 1. The first-order valence-corrected chi connectivity index (χ1v) is 11.8. The van der Waals surface area contributed by atoms with Gasteiger partial charge >= 0.3 is 0 Å². The highest BCUT2D eigenvalue weighted by Gasteiger charge is 2.39. The van der Waals surface area contributed by atoms with Crippen LogP contribution in [0.15, 0.2) is 23.0 Å². The van der Waals surface area contributed by atoms with Gasteiger partial charge in [-0.15, -0.1) is 0 Å². The second-order valence-electron chi connectivity index (χ2n) is 10.5. The largest absolute Gasteiger partial charge is 0.472 e. The summed E-state index contributed by atoms with van der Waals surface area (Å²) in [5, 5.41) is 0. The van der Waals surface area contributed by atoms with Gasteiger partial charge in [0.25, 0.3) is 5.91 Å². The molecule has 0 unspecified atom stereocenters. The van der Waals surface area contributed by atoms with Crippen LogP contribution in [0.5, 0.6) is 0 Å². The number of piperazine rings is 1. The Labute approximate surface area is 189 Å². The van der Waals surface area contributed by atoms with Gasteiger partial charge in [-0.25, -0.2) is 4.98 Å². The zero-order valence-corrected chi connectivity index (χ0v) is 19.6. The lowest BCUT2D eigenvalue weighted by molar-refractivity contribution is -0.0404. The second kappa shape index (κ2) is 7.80. The zero-order valence-electron chi connectivity index (χ0n) is 19.6. The molecule has 1 saturated heterocycles. The molecule has 0 spiro atoms. The van der Waals surface area contributed by atoms with Gasteiger partial charge < -0.3 is 24.7 Å². The zero-order chi connectivity index (χ0) is 22.6. The Balaban J connectivity index is 1.47. The number of rotatable bonds is 4. The Morgan fingerprint density at radius 2 is 2.03 bits per heavy atom. The number of pyridine rings is 1. The van der Waals surface area contributed by atoms with Crippen LogP contribution in [-0.2, 0) is 17.8 Å². The molecule has 0 bridgehead atoms. The fraction of sp³-hybridized carbons (Fsp3) is 0.600. The van der Waals surface area contributed by atoms with Crippen molar-refractivity contribution in [2.75, 3.05) is 30.3 Å². The molecule has 1 atom stereocenters. The highest BCUT2D eigenvalue weighted by atomic mass is 16.5. The molecule has 2 aromatic rings. The number of nitrogens with zero attached hydrogens (tertiary/aromatic N) is 3. The number of furan rings is 1. The molecule has 2 fully saturated rings. The molecule has 3 aliphatic rings. The topological polar surface area (TPSA) is 84.8 Å².